The van der Waals surface area contributed by atoms with Crippen molar-refractivity contribution in [3.8, 4) is 17.6 Å². The molecule has 0 aromatic heterocycles. The van der Waals surface area contributed by atoms with E-state index in [4.69, 9.17) is 10.00 Å². The van der Waals surface area contributed by atoms with Crippen molar-refractivity contribution in [2.24, 2.45) is 0 Å². The Labute approximate surface area is 166 Å². The summed E-state index contributed by atoms with van der Waals surface area (Å²) >= 11 is 0. The number of nitrogens with zero attached hydrogens (tertiary/aromatic N) is 3. The van der Waals surface area contributed by atoms with Crippen molar-refractivity contribution >= 4 is 6.03 Å². The van der Waals surface area contributed by atoms with Crippen LogP contribution in [-0.4, -0.2) is 36.0 Å². The zero-order chi connectivity index (χ0) is 21.0. The highest BCUT2D eigenvalue weighted by Gasteiger charge is 2.30. The molecular formula is C21H20F3N3O2. The van der Waals surface area contributed by atoms with E-state index in [0.717, 1.165) is 23.3 Å². The molecule has 0 fully saturated rings. The second-order valence-corrected chi connectivity index (χ2v) is 6.84. The standard InChI is InChI=1S/C21H20F3N3O2/c1-26(11-2-10-25)20(28)27-12-9-15-3-6-19(13-16(15)14-27)29-18-7-4-17(5-8-18)21(22,23)24/h3-8,13H,2,9,11-12,14H2,1H3. The maximum Gasteiger partial charge on any atom is 0.416 e. The van der Waals surface area contributed by atoms with Gasteiger partial charge in [-0.2, -0.15) is 18.4 Å². The monoisotopic (exact) mass is 403 g/mol. The topological polar surface area (TPSA) is 56.6 Å². The Morgan fingerprint density at radius 3 is 2.52 bits per heavy atom. The van der Waals surface area contributed by atoms with E-state index in [1.165, 1.54) is 17.0 Å². The van der Waals surface area contributed by atoms with E-state index < -0.39 is 11.7 Å². The molecule has 29 heavy (non-hydrogen) atoms. The lowest BCUT2D eigenvalue weighted by atomic mass is 9.99. The molecule has 3 rings (SSSR count). The fourth-order valence-electron chi connectivity index (χ4n) is 3.16. The number of hydrogen-bond donors (Lipinski definition) is 0. The molecule has 0 unspecified atom stereocenters. The van der Waals surface area contributed by atoms with E-state index >= 15 is 0 Å². The van der Waals surface area contributed by atoms with Crippen LogP contribution in [0.1, 0.15) is 23.1 Å². The van der Waals surface area contributed by atoms with Crippen LogP contribution in [-0.2, 0) is 19.1 Å². The first kappa shape index (κ1) is 20.5. The number of benzene rings is 2. The Morgan fingerprint density at radius 2 is 1.86 bits per heavy atom. The molecule has 0 bridgehead atoms. The van der Waals surface area contributed by atoms with Gasteiger partial charge in [-0.05, 0) is 53.9 Å². The van der Waals surface area contributed by atoms with Crippen LogP contribution < -0.4 is 4.74 Å². The van der Waals surface area contributed by atoms with Crippen LogP contribution >= 0.6 is 0 Å². The molecule has 5 nitrogen and oxygen atoms in total. The van der Waals surface area contributed by atoms with Crippen molar-refractivity contribution in [1.82, 2.24) is 9.80 Å². The number of fused-ring (bicyclic) bond motifs is 1. The van der Waals surface area contributed by atoms with Gasteiger partial charge in [0.15, 0.2) is 0 Å². The third-order valence-corrected chi connectivity index (χ3v) is 4.76. The molecule has 0 radical (unpaired) electrons. The van der Waals surface area contributed by atoms with Gasteiger partial charge >= 0.3 is 12.2 Å². The smallest absolute Gasteiger partial charge is 0.416 e. The van der Waals surface area contributed by atoms with Crippen molar-refractivity contribution in [1.29, 1.82) is 5.26 Å². The Bertz CT molecular complexity index is 920. The van der Waals surface area contributed by atoms with Crippen molar-refractivity contribution in [2.75, 3.05) is 20.1 Å². The number of ether oxygens (including phenoxy) is 1. The third-order valence-electron chi connectivity index (χ3n) is 4.76. The summed E-state index contributed by atoms with van der Waals surface area (Å²) in [6.07, 6.45) is -3.41. The number of carbonyl (C=O) groups excluding carboxylic acids is 1. The normalized spacial score (nSPS) is 13.4. The van der Waals surface area contributed by atoms with Crippen LogP contribution in [0.25, 0.3) is 0 Å². The molecule has 1 heterocycles. The van der Waals surface area contributed by atoms with E-state index in [-0.39, 0.29) is 12.5 Å². The van der Waals surface area contributed by atoms with E-state index in [1.807, 2.05) is 18.2 Å². The van der Waals surface area contributed by atoms with Gasteiger partial charge in [0.05, 0.1) is 18.1 Å². The van der Waals surface area contributed by atoms with Crippen molar-refractivity contribution < 1.29 is 22.7 Å². The van der Waals surface area contributed by atoms with Crippen LogP contribution in [0.4, 0.5) is 18.0 Å². The molecule has 0 atom stereocenters. The Hall–Kier alpha value is -3.21. The van der Waals surface area contributed by atoms with Gasteiger partial charge in [-0.25, -0.2) is 4.79 Å². The molecule has 0 saturated heterocycles. The quantitative estimate of drug-likeness (QED) is 0.735. The summed E-state index contributed by atoms with van der Waals surface area (Å²) in [5.74, 6) is 0.800. The molecule has 152 valence electrons. The van der Waals surface area contributed by atoms with Gasteiger partial charge in [0.1, 0.15) is 11.5 Å². The summed E-state index contributed by atoms with van der Waals surface area (Å²) in [6, 6.07) is 11.9. The summed E-state index contributed by atoms with van der Waals surface area (Å²) in [7, 11) is 1.67. The van der Waals surface area contributed by atoms with E-state index in [2.05, 4.69) is 0 Å². The summed E-state index contributed by atoms with van der Waals surface area (Å²) < 4.78 is 43.7. The lowest BCUT2D eigenvalue weighted by Crippen LogP contribution is -2.43. The second-order valence-electron chi connectivity index (χ2n) is 6.84. The van der Waals surface area contributed by atoms with Crippen molar-refractivity contribution in [2.45, 2.75) is 25.6 Å². The van der Waals surface area contributed by atoms with Crippen molar-refractivity contribution in [3.63, 3.8) is 0 Å². The predicted molar refractivity (Wildman–Crippen MR) is 100 cm³/mol. The fourth-order valence-corrected chi connectivity index (χ4v) is 3.16. The van der Waals surface area contributed by atoms with E-state index in [1.54, 1.807) is 18.0 Å². The van der Waals surface area contributed by atoms with Gasteiger partial charge < -0.3 is 14.5 Å². The number of hydrogen-bond acceptors (Lipinski definition) is 3. The van der Waals surface area contributed by atoms with Gasteiger partial charge in [0.2, 0.25) is 0 Å². The number of nitriles is 1. The molecule has 2 amide bonds. The summed E-state index contributed by atoms with van der Waals surface area (Å²) in [5, 5.41) is 8.67. The Balaban J connectivity index is 1.69. The van der Waals surface area contributed by atoms with Gasteiger partial charge in [-0.3, -0.25) is 0 Å². The molecule has 0 aliphatic carbocycles. The first-order valence-electron chi connectivity index (χ1n) is 9.12. The summed E-state index contributed by atoms with van der Waals surface area (Å²) in [5.41, 5.74) is 1.31. The van der Waals surface area contributed by atoms with Gasteiger partial charge in [-0.1, -0.05) is 6.07 Å². The number of carbonyl (C=O) groups is 1. The average Bonchev–Trinajstić information content (AvgIpc) is 2.70. The van der Waals surface area contributed by atoms with Crippen molar-refractivity contribution in [3.05, 3.63) is 59.2 Å². The number of urea groups is 1. The van der Waals surface area contributed by atoms with E-state index in [0.29, 0.717) is 37.6 Å². The highest BCUT2D eigenvalue weighted by atomic mass is 19.4. The molecule has 0 spiro atoms. The van der Waals surface area contributed by atoms with E-state index in [9.17, 15) is 18.0 Å². The zero-order valence-electron chi connectivity index (χ0n) is 15.9. The van der Waals surface area contributed by atoms with Gasteiger partial charge in [0.25, 0.3) is 0 Å². The molecular weight excluding hydrogens is 383 g/mol. The second kappa shape index (κ2) is 8.43. The first-order chi connectivity index (χ1) is 13.8. The molecule has 2 aromatic rings. The first-order valence-corrected chi connectivity index (χ1v) is 9.12. The average molecular weight is 403 g/mol. The van der Waals surface area contributed by atoms with Crippen LogP contribution in [0.2, 0.25) is 0 Å². The summed E-state index contributed by atoms with van der Waals surface area (Å²) in [4.78, 5) is 15.8. The van der Waals surface area contributed by atoms with Crippen LogP contribution in [0.5, 0.6) is 11.5 Å². The minimum Gasteiger partial charge on any atom is -0.457 e. The fraction of sp³-hybridized carbons (Fsp3) is 0.333. The third kappa shape index (κ3) is 4.99. The summed E-state index contributed by atoms with van der Waals surface area (Å²) in [6.45, 7) is 1.37. The maximum absolute atomic E-state index is 12.7. The number of alkyl halides is 3. The predicted octanol–water partition coefficient (Wildman–Crippen LogP) is 4.82. The highest BCUT2D eigenvalue weighted by Crippen LogP contribution is 2.32. The molecule has 8 heteroatoms. The Morgan fingerprint density at radius 1 is 1.17 bits per heavy atom. The minimum atomic E-state index is -4.39. The molecule has 2 aromatic carbocycles. The minimum absolute atomic E-state index is 0.139. The zero-order valence-corrected chi connectivity index (χ0v) is 15.9. The SMILES string of the molecule is CN(CCC#N)C(=O)N1CCc2ccc(Oc3ccc(C(F)(F)F)cc3)cc2C1. The lowest BCUT2D eigenvalue weighted by Gasteiger charge is -2.32. The lowest BCUT2D eigenvalue weighted by molar-refractivity contribution is -0.137. The van der Waals surface area contributed by atoms with Crippen LogP contribution in [0.15, 0.2) is 42.5 Å². The van der Waals surface area contributed by atoms with Crippen LogP contribution in [0, 0.1) is 11.3 Å². The number of amides is 2. The molecule has 1 aliphatic heterocycles. The largest absolute Gasteiger partial charge is 0.457 e. The number of halogens is 3. The number of rotatable bonds is 4. The van der Waals surface area contributed by atoms with Crippen LogP contribution in [0.3, 0.4) is 0 Å². The maximum atomic E-state index is 12.7. The molecule has 0 N–H and O–H groups in total. The Kier molecular flexibility index (Phi) is 5.97. The molecule has 1 aliphatic rings. The van der Waals surface area contributed by atoms with Gasteiger partial charge in [-0.15, -0.1) is 0 Å². The van der Waals surface area contributed by atoms with Gasteiger partial charge in [0, 0.05) is 26.7 Å². The highest BCUT2D eigenvalue weighted by molar-refractivity contribution is 5.74. The molecule has 0 saturated carbocycles.